The van der Waals surface area contributed by atoms with Crippen LogP contribution in [0.25, 0.3) is 22.4 Å². The Morgan fingerprint density at radius 3 is 2.70 bits per heavy atom. The van der Waals surface area contributed by atoms with E-state index in [-0.39, 0.29) is 0 Å². The zero-order chi connectivity index (χ0) is 18.6. The lowest BCUT2D eigenvalue weighted by Gasteiger charge is -2.06. The number of H-pyrrole nitrogens is 1. The molecule has 0 spiro atoms. The first-order valence-electron chi connectivity index (χ1n) is 9.28. The Kier molecular flexibility index (Phi) is 4.83. The SMILES string of the molecule is CC(C)c1cccc(-c2nc3c(NCCc4ccncc4)nccc3[nH]2)c1. The first-order chi connectivity index (χ1) is 13.2. The van der Waals surface area contributed by atoms with Crippen molar-refractivity contribution in [2.75, 3.05) is 11.9 Å². The van der Waals surface area contributed by atoms with Crippen molar-refractivity contribution in [3.8, 4) is 11.4 Å². The predicted molar refractivity (Wildman–Crippen MR) is 110 cm³/mol. The Morgan fingerprint density at radius 1 is 1.04 bits per heavy atom. The fourth-order valence-electron chi connectivity index (χ4n) is 3.12. The highest BCUT2D eigenvalue weighted by atomic mass is 15.0. The monoisotopic (exact) mass is 357 g/mol. The van der Waals surface area contributed by atoms with Crippen molar-refractivity contribution in [3.05, 3.63) is 72.2 Å². The molecule has 1 aromatic carbocycles. The van der Waals surface area contributed by atoms with Gasteiger partial charge < -0.3 is 10.3 Å². The Bertz CT molecular complexity index is 1040. The van der Waals surface area contributed by atoms with Gasteiger partial charge in [0.05, 0.1) is 5.52 Å². The number of benzene rings is 1. The number of pyridine rings is 2. The van der Waals surface area contributed by atoms with E-state index < -0.39 is 0 Å². The number of aromatic nitrogens is 4. The Hall–Kier alpha value is -3.21. The molecular weight excluding hydrogens is 334 g/mol. The number of aromatic amines is 1. The van der Waals surface area contributed by atoms with E-state index in [9.17, 15) is 0 Å². The van der Waals surface area contributed by atoms with Gasteiger partial charge >= 0.3 is 0 Å². The lowest BCUT2D eigenvalue weighted by molar-refractivity contribution is 0.867. The van der Waals surface area contributed by atoms with Gasteiger partial charge in [0, 0.05) is 30.7 Å². The van der Waals surface area contributed by atoms with Crippen LogP contribution >= 0.6 is 0 Å². The minimum Gasteiger partial charge on any atom is -0.368 e. The molecule has 0 saturated heterocycles. The maximum atomic E-state index is 4.82. The predicted octanol–water partition coefficient (Wildman–Crippen LogP) is 4.80. The summed E-state index contributed by atoms with van der Waals surface area (Å²) in [4.78, 5) is 16.8. The van der Waals surface area contributed by atoms with Gasteiger partial charge in [-0.2, -0.15) is 0 Å². The van der Waals surface area contributed by atoms with E-state index in [1.165, 1.54) is 11.1 Å². The van der Waals surface area contributed by atoms with Gasteiger partial charge in [-0.1, -0.05) is 32.0 Å². The van der Waals surface area contributed by atoms with E-state index in [0.717, 1.165) is 41.2 Å². The molecule has 4 aromatic rings. The minimum absolute atomic E-state index is 0.487. The lowest BCUT2D eigenvalue weighted by atomic mass is 10.0. The summed E-state index contributed by atoms with van der Waals surface area (Å²) in [6.45, 7) is 5.19. The number of hydrogen-bond donors (Lipinski definition) is 2. The van der Waals surface area contributed by atoms with Crippen molar-refractivity contribution in [1.29, 1.82) is 0 Å². The molecule has 0 unspecified atom stereocenters. The van der Waals surface area contributed by atoms with Crippen LogP contribution in [0.1, 0.15) is 30.9 Å². The molecule has 3 aromatic heterocycles. The van der Waals surface area contributed by atoms with Crippen molar-refractivity contribution >= 4 is 16.9 Å². The van der Waals surface area contributed by atoms with Gasteiger partial charge in [0.1, 0.15) is 11.3 Å². The van der Waals surface area contributed by atoms with Crippen LogP contribution < -0.4 is 5.32 Å². The van der Waals surface area contributed by atoms with Gasteiger partial charge in [0.25, 0.3) is 0 Å². The van der Waals surface area contributed by atoms with E-state index in [1.807, 2.05) is 36.8 Å². The van der Waals surface area contributed by atoms with Gasteiger partial charge in [-0.05, 0) is 47.7 Å². The molecule has 136 valence electrons. The summed E-state index contributed by atoms with van der Waals surface area (Å²) in [7, 11) is 0. The van der Waals surface area contributed by atoms with Gasteiger partial charge in [-0.25, -0.2) is 9.97 Å². The third kappa shape index (κ3) is 3.82. The second-order valence-corrected chi connectivity index (χ2v) is 6.95. The van der Waals surface area contributed by atoms with Crippen molar-refractivity contribution in [1.82, 2.24) is 19.9 Å². The summed E-state index contributed by atoms with van der Waals surface area (Å²) in [5.74, 6) is 2.17. The van der Waals surface area contributed by atoms with Crippen LogP contribution in [-0.2, 0) is 6.42 Å². The first-order valence-corrected chi connectivity index (χ1v) is 9.28. The molecule has 27 heavy (non-hydrogen) atoms. The molecular formula is C22H23N5. The average Bonchev–Trinajstić information content (AvgIpc) is 3.14. The highest BCUT2D eigenvalue weighted by Crippen LogP contribution is 2.26. The van der Waals surface area contributed by atoms with Gasteiger partial charge in [0.2, 0.25) is 0 Å². The van der Waals surface area contributed by atoms with Crippen molar-refractivity contribution < 1.29 is 0 Å². The highest BCUT2D eigenvalue weighted by molar-refractivity contribution is 5.88. The number of nitrogens with one attached hydrogen (secondary N) is 2. The molecule has 5 heteroatoms. The van der Waals surface area contributed by atoms with Crippen LogP contribution in [0, 0.1) is 0 Å². The quantitative estimate of drug-likeness (QED) is 0.520. The van der Waals surface area contributed by atoms with Crippen LogP contribution in [0.2, 0.25) is 0 Å². The summed E-state index contributed by atoms with van der Waals surface area (Å²) in [5, 5.41) is 3.42. The second kappa shape index (κ2) is 7.58. The summed E-state index contributed by atoms with van der Waals surface area (Å²) in [6.07, 6.45) is 6.36. The minimum atomic E-state index is 0.487. The van der Waals surface area contributed by atoms with Crippen LogP contribution in [0.4, 0.5) is 5.82 Å². The van der Waals surface area contributed by atoms with Gasteiger partial charge in [0.15, 0.2) is 5.82 Å². The smallest absolute Gasteiger partial charge is 0.154 e. The normalized spacial score (nSPS) is 11.2. The maximum Gasteiger partial charge on any atom is 0.154 e. The summed E-state index contributed by atoms with van der Waals surface area (Å²) < 4.78 is 0. The zero-order valence-corrected chi connectivity index (χ0v) is 15.6. The standard InChI is InChI=1S/C22H23N5/c1-15(2)17-4-3-5-18(14-17)21-26-19-9-13-25-22(20(19)27-21)24-12-8-16-6-10-23-11-7-16/h3-7,9-11,13-15H,8,12H2,1-2H3,(H,24,25)(H,26,27). The van der Waals surface area contributed by atoms with Crippen molar-refractivity contribution in [2.45, 2.75) is 26.2 Å². The topological polar surface area (TPSA) is 66.5 Å². The van der Waals surface area contributed by atoms with Crippen molar-refractivity contribution in [2.24, 2.45) is 0 Å². The second-order valence-electron chi connectivity index (χ2n) is 6.95. The molecule has 0 fully saturated rings. The number of fused-ring (bicyclic) bond motifs is 1. The average molecular weight is 357 g/mol. The summed E-state index contributed by atoms with van der Waals surface area (Å²) in [6, 6.07) is 14.6. The van der Waals surface area contributed by atoms with E-state index in [0.29, 0.717) is 5.92 Å². The van der Waals surface area contributed by atoms with Crippen LogP contribution in [0.5, 0.6) is 0 Å². The van der Waals surface area contributed by atoms with Gasteiger partial charge in [-0.15, -0.1) is 0 Å². The summed E-state index contributed by atoms with van der Waals surface area (Å²) >= 11 is 0. The third-order valence-corrected chi connectivity index (χ3v) is 4.68. The molecule has 0 aliphatic rings. The lowest BCUT2D eigenvalue weighted by Crippen LogP contribution is -2.06. The van der Waals surface area contributed by atoms with Crippen LogP contribution in [0.15, 0.2) is 61.1 Å². The van der Waals surface area contributed by atoms with Crippen LogP contribution in [0.3, 0.4) is 0 Å². The first kappa shape index (κ1) is 17.2. The molecule has 0 aliphatic carbocycles. The zero-order valence-electron chi connectivity index (χ0n) is 15.6. The van der Waals surface area contributed by atoms with Crippen LogP contribution in [-0.4, -0.2) is 26.5 Å². The molecule has 4 rings (SSSR count). The number of rotatable bonds is 6. The molecule has 0 atom stereocenters. The molecule has 0 aliphatic heterocycles. The molecule has 0 bridgehead atoms. The van der Waals surface area contributed by atoms with Gasteiger partial charge in [-0.3, -0.25) is 4.98 Å². The Balaban J connectivity index is 1.57. The molecule has 0 saturated carbocycles. The highest BCUT2D eigenvalue weighted by Gasteiger charge is 2.11. The molecule has 5 nitrogen and oxygen atoms in total. The van der Waals surface area contributed by atoms with E-state index >= 15 is 0 Å². The number of hydrogen-bond acceptors (Lipinski definition) is 4. The van der Waals surface area contributed by atoms with E-state index in [4.69, 9.17) is 4.98 Å². The van der Waals surface area contributed by atoms with Crippen molar-refractivity contribution in [3.63, 3.8) is 0 Å². The molecule has 0 amide bonds. The van der Waals surface area contributed by atoms with E-state index in [2.05, 4.69) is 58.4 Å². The number of imidazole rings is 1. The fourth-order valence-corrected chi connectivity index (χ4v) is 3.12. The largest absolute Gasteiger partial charge is 0.368 e. The Morgan fingerprint density at radius 2 is 1.89 bits per heavy atom. The summed E-state index contributed by atoms with van der Waals surface area (Å²) in [5.41, 5.74) is 5.51. The molecule has 3 heterocycles. The Labute approximate surface area is 158 Å². The maximum absolute atomic E-state index is 4.82. The molecule has 2 N–H and O–H groups in total. The fraction of sp³-hybridized carbons (Fsp3) is 0.227. The third-order valence-electron chi connectivity index (χ3n) is 4.68. The number of nitrogens with zero attached hydrogens (tertiary/aromatic N) is 3. The van der Waals surface area contributed by atoms with E-state index in [1.54, 1.807) is 0 Å². The molecule has 0 radical (unpaired) electrons. The number of anilines is 1.